The van der Waals surface area contributed by atoms with Crippen molar-refractivity contribution in [1.29, 1.82) is 0 Å². The number of nitrogens with one attached hydrogen (secondary N) is 1. The van der Waals surface area contributed by atoms with Crippen molar-refractivity contribution in [2.24, 2.45) is 0 Å². The Labute approximate surface area is 214 Å². The number of hydrogen-bond donors (Lipinski definition) is 1. The van der Waals surface area contributed by atoms with E-state index in [2.05, 4.69) is 21.2 Å². The molecule has 3 amide bonds. The topological polar surface area (TPSA) is 111 Å². The molecule has 2 aromatic carbocycles. The molecule has 0 unspecified atom stereocenters. The maximum atomic E-state index is 12.6. The fourth-order valence-electron chi connectivity index (χ4n) is 3.05. The van der Waals surface area contributed by atoms with Gasteiger partial charge in [0.25, 0.3) is 17.1 Å². The van der Waals surface area contributed by atoms with Crippen LogP contribution in [0.5, 0.6) is 11.5 Å². The summed E-state index contributed by atoms with van der Waals surface area (Å²) in [6.07, 6.45) is 1.52. The average molecular weight is 563 g/mol. The lowest BCUT2D eigenvalue weighted by atomic mass is 10.2. The fourth-order valence-corrected chi connectivity index (χ4v) is 4.47. The number of hydrogen-bond acceptors (Lipinski definition) is 8. The van der Waals surface area contributed by atoms with Crippen LogP contribution in [-0.4, -0.2) is 54.3 Å². The minimum Gasteiger partial charge on any atom is -0.490 e. The number of halogens is 1. The largest absolute Gasteiger partial charge is 0.490 e. The van der Waals surface area contributed by atoms with E-state index >= 15 is 0 Å². The maximum Gasteiger partial charge on any atom is 0.326 e. The summed E-state index contributed by atoms with van der Waals surface area (Å²) in [5.74, 6) is -0.908. The van der Waals surface area contributed by atoms with E-state index in [-0.39, 0.29) is 24.0 Å². The van der Waals surface area contributed by atoms with Gasteiger partial charge in [0.15, 0.2) is 18.1 Å². The molecule has 1 fully saturated rings. The zero-order valence-electron chi connectivity index (χ0n) is 19.0. The van der Waals surface area contributed by atoms with Crippen LogP contribution in [0.25, 0.3) is 6.08 Å². The van der Waals surface area contributed by atoms with Gasteiger partial charge in [-0.15, -0.1) is 0 Å². The molecule has 184 valence electrons. The molecule has 1 aliphatic rings. The number of anilines is 1. The van der Waals surface area contributed by atoms with Crippen LogP contribution in [0.1, 0.15) is 19.4 Å². The van der Waals surface area contributed by atoms with E-state index in [1.807, 2.05) is 18.2 Å². The summed E-state index contributed by atoms with van der Waals surface area (Å²) in [4.78, 5) is 49.8. The molecule has 9 nitrogen and oxygen atoms in total. The van der Waals surface area contributed by atoms with Gasteiger partial charge in [-0.25, -0.2) is 0 Å². The number of thioether (sulfide) groups is 1. The lowest BCUT2D eigenvalue weighted by molar-refractivity contribution is -0.146. The first-order chi connectivity index (χ1) is 16.8. The normalized spacial score (nSPS) is 14.3. The summed E-state index contributed by atoms with van der Waals surface area (Å²) in [5, 5.41) is 2.18. The molecule has 0 aliphatic carbocycles. The van der Waals surface area contributed by atoms with Gasteiger partial charge in [-0.2, -0.15) is 0 Å². The summed E-state index contributed by atoms with van der Waals surface area (Å²) in [6.45, 7) is 3.23. The molecule has 1 saturated heterocycles. The second-order valence-corrected chi connectivity index (χ2v) is 8.89. The first kappa shape index (κ1) is 26.3. The zero-order valence-corrected chi connectivity index (χ0v) is 21.4. The van der Waals surface area contributed by atoms with Crippen LogP contribution in [0.15, 0.2) is 51.8 Å². The van der Waals surface area contributed by atoms with Crippen molar-refractivity contribution in [3.8, 4) is 11.5 Å². The minimum absolute atomic E-state index is 0.154. The number of nitrogens with zero attached hydrogens (tertiary/aromatic N) is 1. The molecule has 1 heterocycles. The summed E-state index contributed by atoms with van der Waals surface area (Å²) >= 11 is 4.16. The Bertz CT molecular complexity index is 1150. The van der Waals surface area contributed by atoms with E-state index < -0.39 is 23.7 Å². The van der Waals surface area contributed by atoms with E-state index in [1.165, 1.54) is 6.08 Å². The monoisotopic (exact) mass is 562 g/mol. The summed E-state index contributed by atoms with van der Waals surface area (Å²) < 4.78 is 16.7. The first-order valence-corrected chi connectivity index (χ1v) is 12.3. The highest BCUT2D eigenvalue weighted by Gasteiger charge is 2.36. The van der Waals surface area contributed by atoms with Crippen LogP contribution in [0.3, 0.4) is 0 Å². The molecular formula is C24H23BrN2O7S. The number of ether oxygens (including phenoxy) is 3. The number of carbonyl (C=O) groups excluding carboxylic acids is 4. The van der Waals surface area contributed by atoms with Gasteiger partial charge >= 0.3 is 5.97 Å². The number of rotatable bonds is 10. The predicted molar refractivity (Wildman–Crippen MR) is 135 cm³/mol. The van der Waals surface area contributed by atoms with Gasteiger partial charge in [-0.05, 0) is 77.4 Å². The fraction of sp³-hybridized carbons (Fsp3) is 0.250. The first-order valence-electron chi connectivity index (χ1n) is 10.7. The van der Waals surface area contributed by atoms with Gasteiger partial charge in [0.2, 0.25) is 0 Å². The van der Waals surface area contributed by atoms with Crippen molar-refractivity contribution in [3.05, 3.63) is 57.4 Å². The van der Waals surface area contributed by atoms with Crippen LogP contribution in [-0.2, 0) is 19.1 Å². The third-order valence-electron chi connectivity index (χ3n) is 4.50. The van der Waals surface area contributed by atoms with Crippen molar-refractivity contribution >= 4 is 62.5 Å². The smallest absolute Gasteiger partial charge is 0.326 e. The molecular weight excluding hydrogens is 540 g/mol. The van der Waals surface area contributed by atoms with Crippen LogP contribution >= 0.6 is 27.7 Å². The van der Waals surface area contributed by atoms with Crippen molar-refractivity contribution < 1.29 is 33.4 Å². The summed E-state index contributed by atoms with van der Waals surface area (Å²) in [5.41, 5.74) is 1.21. The number of benzene rings is 2. The highest BCUT2D eigenvalue weighted by Crippen LogP contribution is 2.39. The molecule has 0 radical (unpaired) electrons. The Balaban J connectivity index is 1.75. The summed E-state index contributed by atoms with van der Waals surface area (Å²) in [6, 6.07) is 12.3. The standard InChI is InChI=1S/C24H23BrN2O7S/c1-3-32-18-11-15(12-19-23(30)27(24(31)35-19)13-21(29)33-4-2)10-17(25)22(18)34-14-20(28)26-16-8-6-5-7-9-16/h5-12H,3-4,13-14H2,1-2H3,(H,26,28)/b19-12+. The van der Waals surface area contributed by atoms with Crippen molar-refractivity contribution in [2.45, 2.75) is 13.8 Å². The SMILES string of the molecule is CCOC(=O)CN1C(=O)S/C(=C/c2cc(Br)c(OCC(=O)Nc3ccccc3)c(OCC)c2)C1=O. The molecule has 0 spiro atoms. The highest BCUT2D eigenvalue weighted by atomic mass is 79.9. The van der Waals surface area contributed by atoms with Gasteiger partial charge in [-0.1, -0.05) is 18.2 Å². The molecule has 0 atom stereocenters. The predicted octanol–water partition coefficient (Wildman–Crippen LogP) is 4.46. The van der Waals surface area contributed by atoms with Crippen molar-refractivity contribution in [3.63, 3.8) is 0 Å². The van der Waals surface area contributed by atoms with Gasteiger partial charge in [0, 0.05) is 5.69 Å². The van der Waals surface area contributed by atoms with Gasteiger partial charge in [0.05, 0.1) is 22.6 Å². The third kappa shape index (κ3) is 7.09. The molecule has 0 saturated carbocycles. The Hall–Kier alpha value is -3.31. The van der Waals surface area contributed by atoms with Crippen molar-refractivity contribution in [1.82, 2.24) is 4.90 Å². The molecule has 1 N–H and O–H groups in total. The maximum absolute atomic E-state index is 12.6. The minimum atomic E-state index is -0.657. The van der Waals surface area contributed by atoms with E-state index in [4.69, 9.17) is 14.2 Å². The van der Waals surface area contributed by atoms with E-state index in [0.29, 0.717) is 33.8 Å². The quantitative estimate of drug-likeness (QED) is 0.333. The highest BCUT2D eigenvalue weighted by molar-refractivity contribution is 9.10. The van der Waals surface area contributed by atoms with Gasteiger partial charge < -0.3 is 19.5 Å². The Morgan fingerprint density at radius 1 is 1.09 bits per heavy atom. The van der Waals surface area contributed by atoms with Crippen molar-refractivity contribution in [2.75, 3.05) is 31.7 Å². The molecule has 0 aromatic heterocycles. The molecule has 1 aliphatic heterocycles. The number of para-hydroxylation sites is 1. The Kier molecular flexibility index (Phi) is 9.32. The number of carbonyl (C=O) groups is 4. The molecule has 2 aromatic rings. The van der Waals surface area contributed by atoms with Gasteiger partial charge in [-0.3, -0.25) is 24.1 Å². The van der Waals surface area contributed by atoms with Crippen LogP contribution < -0.4 is 14.8 Å². The molecule has 35 heavy (non-hydrogen) atoms. The lowest BCUT2D eigenvalue weighted by Gasteiger charge is -2.15. The Morgan fingerprint density at radius 3 is 2.51 bits per heavy atom. The second kappa shape index (κ2) is 12.4. The van der Waals surface area contributed by atoms with Crippen LogP contribution in [0.2, 0.25) is 0 Å². The van der Waals surface area contributed by atoms with E-state index in [9.17, 15) is 19.2 Å². The van der Waals surface area contributed by atoms with Gasteiger partial charge in [0.1, 0.15) is 6.54 Å². The third-order valence-corrected chi connectivity index (χ3v) is 6.00. The number of amides is 3. The lowest BCUT2D eigenvalue weighted by Crippen LogP contribution is -2.34. The number of esters is 1. The average Bonchev–Trinajstić information content (AvgIpc) is 3.07. The van der Waals surface area contributed by atoms with Crippen LogP contribution in [0.4, 0.5) is 10.5 Å². The van der Waals surface area contributed by atoms with E-state index in [0.717, 1.165) is 16.7 Å². The second-order valence-electron chi connectivity index (χ2n) is 7.04. The Morgan fingerprint density at radius 2 is 1.83 bits per heavy atom. The molecule has 0 bridgehead atoms. The van der Waals surface area contributed by atoms with E-state index in [1.54, 1.807) is 38.1 Å². The molecule has 3 rings (SSSR count). The molecule has 11 heteroatoms. The number of imide groups is 1. The zero-order chi connectivity index (χ0) is 25.4. The van der Waals surface area contributed by atoms with Crippen LogP contribution in [0, 0.1) is 0 Å². The summed E-state index contributed by atoms with van der Waals surface area (Å²) in [7, 11) is 0.